The minimum absolute atomic E-state index is 0.359. The highest BCUT2D eigenvalue weighted by Gasteiger charge is 2.32. The lowest BCUT2D eigenvalue weighted by molar-refractivity contribution is 0.133. The van der Waals surface area contributed by atoms with Gasteiger partial charge in [-0.25, -0.2) is 0 Å². The average molecular weight is 288 g/mol. The zero-order valence-corrected chi connectivity index (χ0v) is 13.0. The lowest BCUT2D eigenvalue weighted by Gasteiger charge is -2.36. The Kier molecular flexibility index (Phi) is 4.94. The minimum Gasteiger partial charge on any atom is -0.388 e. The van der Waals surface area contributed by atoms with Gasteiger partial charge >= 0.3 is 0 Å². The van der Waals surface area contributed by atoms with Crippen LogP contribution in [0.5, 0.6) is 0 Å². The Labute approximate surface area is 128 Å². The van der Waals surface area contributed by atoms with Crippen molar-refractivity contribution >= 4 is 0 Å². The third-order valence-electron chi connectivity index (χ3n) is 5.10. The highest BCUT2D eigenvalue weighted by Crippen LogP contribution is 2.27. The van der Waals surface area contributed by atoms with Crippen LogP contribution in [0.15, 0.2) is 30.3 Å². The van der Waals surface area contributed by atoms with Gasteiger partial charge in [0.05, 0.1) is 6.10 Å². The normalized spacial score (nSPS) is 29.0. The van der Waals surface area contributed by atoms with Gasteiger partial charge < -0.3 is 15.3 Å². The summed E-state index contributed by atoms with van der Waals surface area (Å²) >= 11 is 0. The van der Waals surface area contributed by atoms with E-state index in [2.05, 4.69) is 17.1 Å². The molecular weight excluding hydrogens is 260 g/mol. The SMILES string of the molecule is CC(CC(O)c1ccccc1)NC1CCN2CCCC2C1. The number of hydrogen-bond donors (Lipinski definition) is 2. The van der Waals surface area contributed by atoms with E-state index in [4.69, 9.17) is 0 Å². The lowest BCUT2D eigenvalue weighted by Crippen LogP contribution is -2.48. The van der Waals surface area contributed by atoms with E-state index < -0.39 is 0 Å². The van der Waals surface area contributed by atoms with Gasteiger partial charge in [-0.2, -0.15) is 0 Å². The average Bonchev–Trinajstić information content (AvgIpc) is 2.95. The Bertz CT molecular complexity index is 436. The molecular formula is C18H28N2O. The van der Waals surface area contributed by atoms with Crippen LogP contribution in [0.4, 0.5) is 0 Å². The first-order valence-electron chi connectivity index (χ1n) is 8.45. The maximum Gasteiger partial charge on any atom is 0.0804 e. The van der Waals surface area contributed by atoms with E-state index in [1.165, 1.54) is 38.8 Å². The van der Waals surface area contributed by atoms with Crippen LogP contribution in [0.25, 0.3) is 0 Å². The number of fused-ring (bicyclic) bond motifs is 1. The molecule has 4 atom stereocenters. The first-order chi connectivity index (χ1) is 10.2. The summed E-state index contributed by atoms with van der Waals surface area (Å²) in [6.07, 6.45) is 5.71. The van der Waals surface area contributed by atoms with Crippen LogP contribution in [0.2, 0.25) is 0 Å². The predicted octanol–water partition coefficient (Wildman–Crippen LogP) is 2.72. The third-order valence-corrected chi connectivity index (χ3v) is 5.10. The number of piperidine rings is 1. The number of aliphatic hydroxyl groups excluding tert-OH is 1. The molecule has 21 heavy (non-hydrogen) atoms. The smallest absolute Gasteiger partial charge is 0.0804 e. The molecule has 1 aromatic carbocycles. The quantitative estimate of drug-likeness (QED) is 0.874. The maximum atomic E-state index is 10.3. The molecule has 3 nitrogen and oxygen atoms in total. The topological polar surface area (TPSA) is 35.5 Å². The second kappa shape index (κ2) is 6.91. The van der Waals surface area contributed by atoms with Gasteiger partial charge in [-0.3, -0.25) is 0 Å². The summed E-state index contributed by atoms with van der Waals surface area (Å²) in [6, 6.07) is 11.8. The fraction of sp³-hybridized carbons (Fsp3) is 0.667. The van der Waals surface area contributed by atoms with Crippen molar-refractivity contribution in [2.45, 2.75) is 63.3 Å². The molecule has 4 unspecified atom stereocenters. The van der Waals surface area contributed by atoms with Crippen LogP contribution < -0.4 is 5.32 Å². The van der Waals surface area contributed by atoms with Crippen molar-refractivity contribution in [2.75, 3.05) is 13.1 Å². The van der Waals surface area contributed by atoms with E-state index in [0.717, 1.165) is 18.0 Å². The third kappa shape index (κ3) is 3.85. The second-order valence-corrected chi connectivity index (χ2v) is 6.78. The standard InChI is InChI=1S/C18H28N2O/c1-14(12-18(21)15-6-3-2-4-7-15)19-16-9-11-20-10-5-8-17(20)13-16/h2-4,6-7,14,16-19,21H,5,8-13H2,1H3. The summed E-state index contributed by atoms with van der Waals surface area (Å²) in [5.74, 6) is 0. The van der Waals surface area contributed by atoms with E-state index in [9.17, 15) is 5.11 Å². The van der Waals surface area contributed by atoms with Crippen LogP contribution in [0, 0.1) is 0 Å². The molecule has 3 heteroatoms. The molecule has 2 N–H and O–H groups in total. The molecule has 116 valence electrons. The number of rotatable bonds is 5. The summed E-state index contributed by atoms with van der Waals surface area (Å²) in [4.78, 5) is 2.65. The summed E-state index contributed by atoms with van der Waals surface area (Å²) < 4.78 is 0. The molecule has 2 aliphatic heterocycles. The number of aliphatic hydroxyl groups is 1. The van der Waals surface area contributed by atoms with Crippen molar-refractivity contribution in [3.8, 4) is 0 Å². The molecule has 0 saturated carbocycles. The van der Waals surface area contributed by atoms with Gasteiger partial charge in [-0.15, -0.1) is 0 Å². The van der Waals surface area contributed by atoms with Gasteiger partial charge in [-0.1, -0.05) is 30.3 Å². The van der Waals surface area contributed by atoms with Gasteiger partial charge in [0, 0.05) is 18.1 Å². The highest BCUT2D eigenvalue weighted by molar-refractivity contribution is 5.17. The zero-order valence-electron chi connectivity index (χ0n) is 13.0. The minimum atomic E-state index is -0.361. The summed E-state index contributed by atoms with van der Waals surface area (Å²) in [7, 11) is 0. The molecule has 2 heterocycles. The van der Waals surface area contributed by atoms with Crippen LogP contribution in [-0.2, 0) is 0 Å². The molecule has 0 amide bonds. The Balaban J connectivity index is 1.47. The molecule has 0 aromatic heterocycles. The van der Waals surface area contributed by atoms with Gasteiger partial charge in [0.25, 0.3) is 0 Å². The van der Waals surface area contributed by atoms with Crippen molar-refractivity contribution in [3.05, 3.63) is 35.9 Å². The monoisotopic (exact) mass is 288 g/mol. The summed E-state index contributed by atoms with van der Waals surface area (Å²) in [6.45, 7) is 4.75. The molecule has 0 spiro atoms. The van der Waals surface area contributed by atoms with Crippen LogP contribution in [0.3, 0.4) is 0 Å². The lowest BCUT2D eigenvalue weighted by atomic mass is 9.95. The zero-order chi connectivity index (χ0) is 14.7. The molecule has 2 saturated heterocycles. The Morgan fingerprint density at radius 3 is 2.86 bits per heavy atom. The highest BCUT2D eigenvalue weighted by atomic mass is 16.3. The van der Waals surface area contributed by atoms with Crippen molar-refractivity contribution in [3.63, 3.8) is 0 Å². The second-order valence-electron chi connectivity index (χ2n) is 6.78. The van der Waals surface area contributed by atoms with Crippen molar-refractivity contribution in [1.29, 1.82) is 0 Å². The van der Waals surface area contributed by atoms with Crippen molar-refractivity contribution in [1.82, 2.24) is 10.2 Å². The molecule has 0 radical (unpaired) electrons. The van der Waals surface area contributed by atoms with E-state index in [-0.39, 0.29) is 6.10 Å². The Morgan fingerprint density at radius 2 is 2.05 bits per heavy atom. The summed E-state index contributed by atoms with van der Waals surface area (Å²) in [5, 5.41) is 14.1. The van der Waals surface area contributed by atoms with Crippen molar-refractivity contribution in [2.24, 2.45) is 0 Å². The molecule has 2 fully saturated rings. The summed E-state index contributed by atoms with van der Waals surface area (Å²) in [5.41, 5.74) is 1.02. The Morgan fingerprint density at radius 1 is 1.24 bits per heavy atom. The molecule has 3 rings (SSSR count). The number of benzene rings is 1. The maximum absolute atomic E-state index is 10.3. The number of nitrogens with zero attached hydrogens (tertiary/aromatic N) is 1. The van der Waals surface area contributed by atoms with Gasteiger partial charge in [0.15, 0.2) is 0 Å². The van der Waals surface area contributed by atoms with Gasteiger partial charge in [-0.05, 0) is 57.7 Å². The molecule has 1 aromatic rings. The molecule has 2 aliphatic rings. The predicted molar refractivity (Wildman–Crippen MR) is 86.2 cm³/mol. The van der Waals surface area contributed by atoms with Crippen LogP contribution >= 0.6 is 0 Å². The van der Waals surface area contributed by atoms with Gasteiger partial charge in [0.1, 0.15) is 0 Å². The fourth-order valence-corrected chi connectivity index (χ4v) is 3.99. The largest absolute Gasteiger partial charge is 0.388 e. The van der Waals surface area contributed by atoms with E-state index >= 15 is 0 Å². The van der Waals surface area contributed by atoms with Crippen LogP contribution in [-0.4, -0.2) is 41.2 Å². The Hall–Kier alpha value is -0.900. The van der Waals surface area contributed by atoms with Gasteiger partial charge in [0.2, 0.25) is 0 Å². The van der Waals surface area contributed by atoms with Crippen LogP contribution in [0.1, 0.15) is 50.7 Å². The first kappa shape index (κ1) is 15.0. The van der Waals surface area contributed by atoms with E-state index in [1.807, 2.05) is 30.3 Å². The number of nitrogens with one attached hydrogen (secondary N) is 1. The fourth-order valence-electron chi connectivity index (χ4n) is 3.99. The first-order valence-corrected chi connectivity index (χ1v) is 8.45. The molecule has 0 bridgehead atoms. The van der Waals surface area contributed by atoms with E-state index in [0.29, 0.717) is 12.1 Å². The number of hydrogen-bond acceptors (Lipinski definition) is 3. The van der Waals surface area contributed by atoms with Crippen molar-refractivity contribution < 1.29 is 5.11 Å². The van der Waals surface area contributed by atoms with E-state index in [1.54, 1.807) is 0 Å². The molecule has 0 aliphatic carbocycles.